The second kappa shape index (κ2) is 10.2. The minimum atomic E-state index is -0.365. The van der Waals surface area contributed by atoms with Crippen molar-refractivity contribution in [3.05, 3.63) is 93.7 Å². The summed E-state index contributed by atoms with van der Waals surface area (Å²) < 4.78 is 18.5. The highest BCUT2D eigenvalue weighted by Crippen LogP contribution is 2.19. The van der Waals surface area contributed by atoms with Crippen molar-refractivity contribution in [2.45, 2.75) is 18.9 Å². The fourth-order valence-electron chi connectivity index (χ4n) is 3.70. The van der Waals surface area contributed by atoms with E-state index in [0.717, 1.165) is 11.1 Å². The molecule has 0 saturated carbocycles. The first-order valence-electron chi connectivity index (χ1n) is 10.6. The van der Waals surface area contributed by atoms with Crippen LogP contribution in [-0.4, -0.2) is 42.2 Å². The highest BCUT2D eigenvalue weighted by atomic mass is 19.1. The maximum absolute atomic E-state index is 13.2. The maximum atomic E-state index is 13.2. The molecule has 1 aromatic heterocycles. The second-order valence-electron chi connectivity index (χ2n) is 7.70. The molecule has 1 fully saturated rings. The van der Waals surface area contributed by atoms with E-state index in [4.69, 9.17) is 4.74 Å². The van der Waals surface area contributed by atoms with E-state index in [2.05, 4.69) is 15.3 Å². The number of benzene rings is 2. The van der Waals surface area contributed by atoms with Crippen molar-refractivity contribution in [2.75, 3.05) is 31.2 Å². The van der Waals surface area contributed by atoms with E-state index < -0.39 is 0 Å². The van der Waals surface area contributed by atoms with Crippen molar-refractivity contribution in [1.29, 1.82) is 0 Å². The Morgan fingerprint density at radius 3 is 2.56 bits per heavy atom. The molecule has 166 valence electrons. The van der Waals surface area contributed by atoms with Gasteiger partial charge in [0, 0.05) is 25.6 Å². The van der Waals surface area contributed by atoms with E-state index >= 15 is 0 Å². The second-order valence-corrected chi connectivity index (χ2v) is 7.70. The number of anilines is 1. The van der Waals surface area contributed by atoms with Gasteiger partial charge < -0.3 is 15.0 Å². The number of aromatic nitrogens is 2. The zero-order valence-corrected chi connectivity index (χ0v) is 17.6. The number of H-pyrrole nitrogens is 1. The van der Waals surface area contributed by atoms with Gasteiger partial charge in [-0.15, -0.1) is 0 Å². The quantitative estimate of drug-likeness (QED) is 0.594. The molecule has 0 spiro atoms. The number of amides is 1. The third kappa shape index (κ3) is 5.79. The van der Waals surface area contributed by atoms with Crippen LogP contribution >= 0.6 is 0 Å². The molecular formula is C24H25FN4O3. The fourth-order valence-corrected chi connectivity index (χ4v) is 3.70. The zero-order chi connectivity index (χ0) is 22.3. The third-order valence-electron chi connectivity index (χ3n) is 5.32. The predicted octanol–water partition coefficient (Wildman–Crippen LogP) is 2.39. The Kier molecular flexibility index (Phi) is 6.91. The molecule has 1 amide bonds. The first-order chi connectivity index (χ1) is 15.6. The Labute approximate surface area is 185 Å². The van der Waals surface area contributed by atoms with Gasteiger partial charge in [0.1, 0.15) is 5.82 Å². The molecule has 2 N–H and O–H groups in total. The summed E-state index contributed by atoms with van der Waals surface area (Å²) in [5.74, 6) is -0.0169. The molecule has 0 radical (unpaired) electrons. The van der Waals surface area contributed by atoms with Gasteiger partial charge in [0.25, 0.3) is 5.56 Å². The van der Waals surface area contributed by atoms with Crippen LogP contribution in [0.5, 0.6) is 0 Å². The number of morpholine rings is 1. The van der Waals surface area contributed by atoms with Gasteiger partial charge in [-0.2, -0.15) is 0 Å². The number of nitrogens with zero attached hydrogens (tertiary/aromatic N) is 2. The lowest BCUT2D eigenvalue weighted by Gasteiger charge is -2.27. The number of carbonyl (C=O) groups is 1. The summed E-state index contributed by atoms with van der Waals surface area (Å²) in [6.07, 6.45) is 0.492. The number of rotatable bonds is 7. The number of hydrogen-bond acceptors (Lipinski definition) is 5. The maximum Gasteiger partial charge on any atom is 0.252 e. The smallest absolute Gasteiger partial charge is 0.252 e. The van der Waals surface area contributed by atoms with Gasteiger partial charge in [0.15, 0.2) is 0 Å². The lowest BCUT2D eigenvalue weighted by atomic mass is 10.0. The molecule has 1 aliphatic rings. The van der Waals surface area contributed by atoms with Crippen molar-refractivity contribution < 1.29 is 13.9 Å². The van der Waals surface area contributed by atoms with Crippen molar-refractivity contribution in [2.24, 2.45) is 0 Å². The van der Waals surface area contributed by atoms with Crippen LogP contribution in [0.3, 0.4) is 0 Å². The number of ether oxygens (including phenoxy) is 1. The Morgan fingerprint density at radius 1 is 1.12 bits per heavy atom. The lowest BCUT2D eigenvalue weighted by molar-refractivity contribution is -0.121. The van der Waals surface area contributed by atoms with Gasteiger partial charge in [-0.25, -0.2) is 9.37 Å². The summed E-state index contributed by atoms with van der Waals surface area (Å²) in [6, 6.07) is 16.5. The van der Waals surface area contributed by atoms with Gasteiger partial charge in [0.05, 0.1) is 31.4 Å². The van der Waals surface area contributed by atoms with Crippen LogP contribution in [0.2, 0.25) is 0 Å². The van der Waals surface area contributed by atoms with E-state index in [9.17, 15) is 14.0 Å². The molecule has 7 nitrogen and oxygen atoms in total. The summed E-state index contributed by atoms with van der Waals surface area (Å²) in [4.78, 5) is 34.5. The lowest BCUT2D eigenvalue weighted by Crippen LogP contribution is -2.38. The Balaban J connectivity index is 1.53. The Bertz CT molecular complexity index is 1100. The fraction of sp³-hybridized carbons (Fsp3) is 0.292. The molecule has 1 atom stereocenters. The SMILES string of the molecule is O=C(Cc1ccc(F)cc1)NC(Cc1cc(=O)[nH]c(N2CCOCC2)n1)c1ccccc1. The average Bonchev–Trinajstić information content (AvgIpc) is 2.81. The van der Waals surface area contributed by atoms with Gasteiger partial charge in [-0.3, -0.25) is 14.6 Å². The minimum Gasteiger partial charge on any atom is -0.378 e. The Hall–Kier alpha value is -3.52. The number of hydrogen-bond donors (Lipinski definition) is 2. The first-order valence-corrected chi connectivity index (χ1v) is 10.6. The van der Waals surface area contributed by atoms with Crippen LogP contribution in [0, 0.1) is 5.82 Å². The summed E-state index contributed by atoms with van der Waals surface area (Å²) in [5, 5.41) is 3.04. The minimum absolute atomic E-state index is 0.130. The summed E-state index contributed by atoms with van der Waals surface area (Å²) in [5.41, 5.74) is 1.99. The van der Waals surface area contributed by atoms with Gasteiger partial charge in [-0.1, -0.05) is 42.5 Å². The van der Waals surface area contributed by atoms with Crippen molar-refractivity contribution >= 4 is 11.9 Å². The summed E-state index contributed by atoms with van der Waals surface area (Å²) in [6.45, 7) is 2.48. The Morgan fingerprint density at radius 2 is 1.84 bits per heavy atom. The molecule has 1 aliphatic heterocycles. The zero-order valence-electron chi connectivity index (χ0n) is 17.6. The van der Waals surface area contributed by atoms with Gasteiger partial charge >= 0.3 is 0 Å². The molecule has 1 saturated heterocycles. The van der Waals surface area contributed by atoms with Crippen LogP contribution in [0.15, 0.2) is 65.5 Å². The third-order valence-corrected chi connectivity index (χ3v) is 5.32. The molecule has 8 heteroatoms. The summed E-state index contributed by atoms with van der Waals surface area (Å²) in [7, 11) is 0. The molecule has 0 aliphatic carbocycles. The molecule has 4 rings (SSSR count). The predicted molar refractivity (Wildman–Crippen MR) is 119 cm³/mol. The number of aromatic amines is 1. The van der Waals surface area contributed by atoms with Crippen LogP contribution < -0.4 is 15.8 Å². The highest BCUT2D eigenvalue weighted by Gasteiger charge is 2.19. The van der Waals surface area contributed by atoms with Crippen molar-refractivity contribution in [3.8, 4) is 0 Å². The topological polar surface area (TPSA) is 87.3 Å². The monoisotopic (exact) mass is 436 g/mol. The largest absolute Gasteiger partial charge is 0.378 e. The van der Waals surface area contributed by atoms with E-state index in [1.54, 1.807) is 12.1 Å². The van der Waals surface area contributed by atoms with Crippen LogP contribution in [-0.2, 0) is 22.4 Å². The number of halogens is 1. The molecule has 2 aromatic carbocycles. The van der Waals surface area contributed by atoms with Crippen LogP contribution in [0.1, 0.15) is 22.9 Å². The molecule has 32 heavy (non-hydrogen) atoms. The molecular weight excluding hydrogens is 411 g/mol. The van der Waals surface area contributed by atoms with Crippen LogP contribution in [0.4, 0.5) is 10.3 Å². The van der Waals surface area contributed by atoms with Crippen molar-refractivity contribution in [3.63, 3.8) is 0 Å². The number of carbonyl (C=O) groups excluding carboxylic acids is 1. The molecule has 3 aromatic rings. The average molecular weight is 436 g/mol. The molecule has 2 heterocycles. The first kappa shape index (κ1) is 21.7. The normalized spacial score (nSPS) is 14.7. The van der Waals surface area contributed by atoms with Gasteiger partial charge in [0.2, 0.25) is 11.9 Å². The van der Waals surface area contributed by atoms with E-state index in [1.807, 2.05) is 35.2 Å². The van der Waals surface area contributed by atoms with Crippen LogP contribution in [0.25, 0.3) is 0 Å². The molecule has 0 bridgehead atoms. The highest BCUT2D eigenvalue weighted by molar-refractivity contribution is 5.79. The molecule has 1 unspecified atom stereocenters. The van der Waals surface area contributed by atoms with Crippen molar-refractivity contribution in [1.82, 2.24) is 15.3 Å². The van der Waals surface area contributed by atoms with E-state index in [1.165, 1.54) is 18.2 Å². The summed E-state index contributed by atoms with van der Waals surface area (Å²) >= 11 is 0. The van der Waals surface area contributed by atoms with E-state index in [0.29, 0.717) is 44.4 Å². The van der Waals surface area contributed by atoms with E-state index in [-0.39, 0.29) is 29.7 Å². The number of nitrogens with one attached hydrogen (secondary N) is 2. The standard InChI is InChI=1S/C24H25FN4O3/c25-19-8-6-17(7-9-19)14-22(30)27-21(18-4-2-1-3-5-18)15-20-16-23(31)28-24(26-20)29-10-12-32-13-11-29/h1-9,16,21H,10-15H2,(H,27,30)(H,26,28,31). The van der Waals surface area contributed by atoms with Gasteiger partial charge in [-0.05, 0) is 23.3 Å².